The van der Waals surface area contributed by atoms with Crippen LogP contribution in [0.4, 0.5) is 4.39 Å². The van der Waals surface area contributed by atoms with Crippen molar-refractivity contribution in [3.8, 4) is 0 Å². The summed E-state index contributed by atoms with van der Waals surface area (Å²) in [7, 11) is 0. The van der Waals surface area contributed by atoms with Crippen LogP contribution in [0.25, 0.3) is 0 Å². The molecule has 2 atom stereocenters. The van der Waals surface area contributed by atoms with Crippen molar-refractivity contribution in [3.05, 3.63) is 0 Å². The Hall–Kier alpha value is 0.620. The summed E-state index contributed by atoms with van der Waals surface area (Å²) in [5.74, 6) is 0.278. The molecule has 0 aliphatic carbocycles. The first-order valence-corrected chi connectivity index (χ1v) is 4.48. The molecule has 1 heterocycles. The van der Waals surface area contributed by atoms with Crippen molar-refractivity contribution in [1.82, 2.24) is 5.32 Å². The molecule has 2 unspecified atom stereocenters. The molecule has 1 aliphatic rings. The molecule has 0 bridgehead atoms. The average Bonchev–Trinajstić information content (AvgIpc) is 1.88. The highest BCUT2D eigenvalue weighted by Crippen LogP contribution is 2.17. The van der Waals surface area contributed by atoms with E-state index in [4.69, 9.17) is 0 Å². The van der Waals surface area contributed by atoms with Gasteiger partial charge in [0.05, 0.1) is 6.67 Å². The van der Waals surface area contributed by atoms with Crippen LogP contribution in [0.5, 0.6) is 0 Å². The molecular weight excluding hydrogens is 232 g/mol. The number of rotatable bonds is 1. The highest BCUT2D eigenvalue weighted by atomic mass is 127. The maximum Gasteiger partial charge on any atom is 0.0935 e. The summed E-state index contributed by atoms with van der Waals surface area (Å²) in [6, 6.07) is 0. The highest BCUT2D eigenvalue weighted by Gasteiger charge is 2.18. The van der Waals surface area contributed by atoms with Crippen molar-refractivity contribution in [1.29, 1.82) is 0 Å². The average molecular weight is 243 g/mol. The van der Waals surface area contributed by atoms with Crippen molar-refractivity contribution in [3.63, 3.8) is 0 Å². The third-order valence-corrected chi connectivity index (χ3v) is 2.56. The van der Waals surface area contributed by atoms with E-state index in [-0.39, 0.29) is 12.6 Å². The largest absolute Gasteiger partial charge is 0.315 e. The minimum Gasteiger partial charge on any atom is -0.315 e. The molecule has 54 valence electrons. The number of hydrogen-bond donors (Lipinski definition) is 1. The van der Waals surface area contributed by atoms with Crippen LogP contribution < -0.4 is 5.32 Å². The van der Waals surface area contributed by atoms with Gasteiger partial charge in [-0.3, -0.25) is 4.39 Å². The third kappa shape index (κ3) is 2.37. The van der Waals surface area contributed by atoms with Gasteiger partial charge in [-0.1, -0.05) is 22.6 Å². The van der Waals surface area contributed by atoms with Crippen LogP contribution in [0.3, 0.4) is 0 Å². The lowest BCUT2D eigenvalue weighted by atomic mass is 10.0. The maximum absolute atomic E-state index is 12.0. The Morgan fingerprint density at radius 1 is 1.56 bits per heavy atom. The van der Waals surface area contributed by atoms with Crippen LogP contribution in [0.2, 0.25) is 0 Å². The van der Waals surface area contributed by atoms with Crippen molar-refractivity contribution in [2.24, 2.45) is 5.92 Å². The molecule has 1 nitrogen and oxygen atoms in total. The van der Waals surface area contributed by atoms with Gasteiger partial charge in [-0.2, -0.15) is 0 Å². The first-order valence-electron chi connectivity index (χ1n) is 3.23. The molecule has 0 aromatic heterocycles. The molecule has 0 aromatic rings. The molecule has 9 heavy (non-hydrogen) atoms. The van der Waals surface area contributed by atoms with E-state index in [0.717, 1.165) is 19.5 Å². The Labute approximate surface area is 68.5 Å². The van der Waals surface area contributed by atoms with Gasteiger partial charge in [0.25, 0.3) is 0 Å². The summed E-state index contributed by atoms with van der Waals surface area (Å²) < 4.78 is 12.6. The van der Waals surface area contributed by atoms with Crippen molar-refractivity contribution < 1.29 is 4.39 Å². The van der Waals surface area contributed by atoms with E-state index in [0.29, 0.717) is 3.92 Å². The van der Waals surface area contributed by atoms with E-state index >= 15 is 0 Å². The van der Waals surface area contributed by atoms with Crippen molar-refractivity contribution in [2.45, 2.75) is 10.3 Å². The van der Waals surface area contributed by atoms with Crippen LogP contribution >= 0.6 is 22.6 Å². The van der Waals surface area contributed by atoms with Gasteiger partial charge >= 0.3 is 0 Å². The number of alkyl halides is 2. The normalized spacial score (nSPS) is 36.7. The molecule has 1 saturated heterocycles. The standard InChI is InChI=1S/C6H11FIN/c7-2-5-1-6(8)4-9-3-5/h5-6,9H,1-4H2. The summed E-state index contributed by atoms with van der Waals surface area (Å²) in [5.41, 5.74) is 0. The topological polar surface area (TPSA) is 12.0 Å². The van der Waals surface area contributed by atoms with E-state index in [1.165, 1.54) is 0 Å². The fourth-order valence-corrected chi connectivity index (χ4v) is 2.12. The van der Waals surface area contributed by atoms with E-state index in [9.17, 15) is 4.39 Å². The van der Waals surface area contributed by atoms with Gasteiger partial charge in [-0.15, -0.1) is 0 Å². The number of piperidine rings is 1. The smallest absolute Gasteiger partial charge is 0.0935 e. The van der Waals surface area contributed by atoms with E-state index in [1.54, 1.807) is 0 Å². The molecule has 0 aromatic carbocycles. The molecule has 0 spiro atoms. The van der Waals surface area contributed by atoms with E-state index < -0.39 is 0 Å². The molecule has 1 N–H and O–H groups in total. The van der Waals surface area contributed by atoms with Gasteiger partial charge in [0.1, 0.15) is 0 Å². The quantitative estimate of drug-likeness (QED) is 0.541. The molecule has 0 saturated carbocycles. The molecule has 1 aliphatic heterocycles. The SMILES string of the molecule is FCC1CNCC(I)C1. The zero-order valence-corrected chi connectivity index (χ0v) is 7.40. The number of halogens is 2. The minimum absolute atomic E-state index is 0.160. The molecular formula is C6H11FIN. The van der Waals surface area contributed by atoms with Crippen LogP contribution in [-0.4, -0.2) is 23.7 Å². The Kier molecular flexibility index (Phi) is 3.18. The molecule has 1 rings (SSSR count). The molecule has 1 fully saturated rings. The Morgan fingerprint density at radius 3 is 2.78 bits per heavy atom. The van der Waals surface area contributed by atoms with Gasteiger partial charge in [0.15, 0.2) is 0 Å². The van der Waals surface area contributed by atoms with Gasteiger partial charge in [0, 0.05) is 22.9 Å². The summed E-state index contributed by atoms with van der Waals surface area (Å²) >= 11 is 2.37. The van der Waals surface area contributed by atoms with Crippen molar-refractivity contribution >= 4 is 22.6 Å². The van der Waals surface area contributed by atoms with Crippen LogP contribution in [0, 0.1) is 5.92 Å². The van der Waals surface area contributed by atoms with Gasteiger partial charge in [-0.25, -0.2) is 0 Å². The summed E-state index contributed by atoms with van der Waals surface area (Å²) in [6.07, 6.45) is 1.05. The minimum atomic E-state index is -0.160. The van der Waals surface area contributed by atoms with Gasteiger partial charge < -0.3 is 5.32 Å². The number of nitrogens with one attached hydrogen (secondary N) is 1. The first kappa shape index (κ1) is 7.72. The van der Waals surface area contributed by atoms with E-state index in [2.05, 4.69) is 27.9 Å². The summed E-state index contributed by atoms with van der Waals surface area (Å²) in [6.45, 7) is 1.76. The van der Waals surface area contributed by atoms with Crippen molar-refractivity contribution in [2.75, 3.05) is 19.8 Å². The Balaban J connectivity index is 2.23. The Bertz CT molecular complexity index is 89.1. The predicted octanol–water partition coefficient (Wildman–Crippen LogP) is 1.37. The lowest BCUT2D eigenvalue weighted by Crippen LogP contribution is -2.37. The predicted molar refractivity (Wildman–Crippen MR) is 44.8 cm³/mol. The van der Waals surface area contributed by atoms with Crippen LogP contribution in [0.1, 0.15) is 6.42 Å². The first-order chi connectivity index (χ1) is 4.33. The lowest BCUT2D eigenvalue weighted by molar-refractivity contribution is 0.304. The molecule has 0 radical (unpaired) electrons. The second kappa shape index (κ2) is 3.71. The lowest BCUT2D eigenvalue weighted by Gasteiger charge is -2.24. The fraction of sp³-hybridized carbons (Fsp3) is 1.00. The fourth-order valence-electron chi connectivity index (χ4n) is 1.09. The maximum atomic E-state index is 12.0. The number of hydrogen-bond acceptors (Lipinski definition) is 1. The van der Waals surface area contributed by atoms with E-state index in [1.807, 2.05) is 0 Å². The summed E-state index contributed by atoms with van der Waals surface area (Å²) in [4.78, 5) is 0. The zero-order chi connectivity index (χ0) is 6.69. The second-order valence-corrected chi connectivity index (χ2v) is 4.27. The highest BCUT2D eigenvalue weighted by molar-refractivity contribution is 14.1. The molecule has 0 amide bonds. The monoisotopic (exact) mass is 243 g/mol. The van der Waals surface area contributed by atoms with Gasteiger partial charge in [-0.05, 0) is 6.42 Å². The van der Waals surface area contributed by atoms with Gasteiger partial charge in [0.2, 0.25) is 0 Å². The van der Waals surface area contributed by atoms with Crippen LogP contribution in [-0.2, 0) is 0 Å². The second-order valence-electron chi connectivity index (χ2n) is 2.51. The third-order valence-electron chi connectivity index (χ3n) is 1.61. The Morgan fingerprint density at radius 2 is 2.33 bits per heavy atom. The zero-order valence-electron chi connectivity index (χ0n) is 5.24. The molecule has 3 heteroatoms. The summed E-state index contributed by atoms with van der Waals surface area (Å²) in [5, 5.41) is 3.19. The van der Waals surface area contributed by atoms with Crippen LogP contribution in [0.15, 0.2) is 0 Å².